The highest BCUT2D eigenvalue weighted by atomic mass is 35.5. The van der Waals surface area contributed by atoms with Crippen LogP contribution in [0.1, 0.15) is 64.7 Å². The molecule has 1 amide bonds. The Hall–Kier alpha value is -0.220. The summed E-state index contributed by atoms with van der Waals surface area (Å²) in [6.45, 7) is 1.38. The molecule has 16 nitrogen and oxygen atoms in total. The number of carbonyl (C=O) groups is 1. The van der Waals surface area contributed by atoms with E-state index in [2.05, 4.69) is 12.2 Å². The van der Waals surface area contributed by atoms with Crippen molar-refractivity contribution >= 4 is 5.91 Å². The van der Waals surface area contributed by atoms with Gasteiger partial charge in [-0.3, -0.25) is 4.79 Å². The molecule has 0 aromatic rings. The zero-order valence-corrected chi connectivity index (χ0v) is 28.7. The minimum Gasteiger partial charge on any atom is -1.00 e. The Morgan fingerprint density at radius 1 is 0.702 bits per heavy atom. The fourth-order valence-electron chi connectivity index (χ4n) is 5.92. The second-order valence-electron chi connectivity index (χ2n) is 12.2. The van der Waals surface area contributed by atoms with Gasteiger partial charge in [-0.05, 0) is 12.8 Å². The van der Waals surface area contributed by atoms with Crippen LogP contribution in [-0.2, 0) is 23.7 Å². The van der Waals surface area contributed by atoms with E-state index in [0.29, 0.717) is 6.42 Å². The summed E-state index contributed by atoms with van der Waals surface area (Å²) >= 11 is 0. The molecule has 14 N–H and O–H groups in total. The average molecular weight is 745 g/mol. The van der Waals surface area contributed by atoms with Gasteiger partial charge in [0.15, 0.2) is 12.6 Å². The maximum atomic E-state index is 12.4. The minimum absolute atomic E-state index is 0. The highest BCUT2D eigenvalue weighted by Gasteiger charge is 2.51. The summed E-state index contributed by atoms with van der Waals surface area (Å²) in [5.74, 6) is -0.242. The van der Waals surface area contributed by atoms with Gasteiger partial charge in [0, 0.05) is 25.0 Å². The molecule has 3 fully saturated rings. The largest absolute Gasteiger partial charge is 1.00 e. The molecule has 0 spiro atoms. The van der Waals surface area contributed by atoms with E-state index in [1.54, 1.807) is 0 Å². The van der Waals surface area contributed by atoms with E-state index in [0.717, 1.165) is 25.7 Å². The van der Waals surface area contributed by atoms with Crippen LogP contribution in [0.25, 0.3) is 0 Å². The second-order valence-corrected chi connectivity index (χ2v) is 12.2. The predicted molar refractivity (Wildman–Crippen MR) is 154 cm³/mol. The van der Waals surface area contributed by atoms with Crippen LogP contribution in [0.4, 0.5) is 0 Å². The molecule has 282 valence electrons. The van der Waals surface area contributed by atoms with Crippen molar-refractivity contribution in [2.45, 2.75) is 156 Å². The van der Waals surface area contributed by atoms with Crippen LogP contribution in [0.2, 0.25) is 0 Å². The molecular formula is C28H54Cl3N4O12-3. The molecule has 7 unspecified atom stereocenters. The maximum Gasteiger partial charge on any atom is 0.220 e. The number of unbranched alkanes of at least 4 members (excludes halogenated alkanes) is 6. The summed E-state index contributed by atoms with van der Waals surface area (Å²) in [7, 11) is 0. The first kappa shape index (κ1) is 46.8. The zero-order chi connectivity index (χ0) is 32.6. The first-order valence-electron chi connectivity index (χ1n) is 15.8. The SMILES string of the molecule is CCCCCCCCCC(=O)NCC1O[C@H](OC2C(N)CC(N)[C@@H](OC3O[C@H](CO)C(O)[C@@H](N)[C@H]3O)[C@H]2O)C(O)[C@@H](O)[C@@H]1O.[Cl-].[Cl-].[Cl-]. The number of aliphatic hydroxyl groups excluding tert-OH is 7. The molecule has 0 radical (unpaired) electrons. The molecule has 1 saturated carbocycles. The standard InChI is InChI=1S/C28H54N4O12.3ClH/c1-2-3-4-5-6-7-8-9-17(34)32-11-15-20(36)22(38)23(39)28(41-15)44-26-14(30)10-13(29)25(24(26)40)43-27-21(37)18(31)19(35)16(12-33)42-27;;;/h13-16,18-28,33,35-40H,2-12,29-31H2,1H3,(H,32,34);3*1H/p-3/t13?,14?,15?,16-,18-,19?,20-,21-,22+,23?,24-,25-,26?,27?,28-;;;/m1.../s1. The van der Waals surface area contributed by atoms with E-state index >= 15 is 0 Å². The van der Waals surface area contributed by atoms with Crippen LogP contribution in [-0.4, -0.2) is 147 Å². The lowest BCUT2D eigenvalue weighted by Gasteiger charge is -2.48. The lowest BCUT2D eigenvalue weighted by Crippen LogP contribution is -3.00. The quantitative estimate of drug-likeness (QED) is 0.0695. The average Bonchev–Trinajstić information content (AvgIpc) is 2.99. The van der Waals surface area contributed by atoms with Crippen molar-refractivity contribution in [3.8, 4) is 0 Å². The Balaban J connectivity index is 0.00000705. The minimum atomic E-state index is -1.73. The summed E-state index contributed by atoms with van der Waals surface area (Å²) in [4.78, 5) is 12.4. The molecule has 2 saturated heterocycles. The Kier molecular flexibility index (Phi) is 22.5. The number of halogens is 3. The molecule has 15 atom stereocenters. The summed E-state index contributed by atoms with van der Waals surface area (Å²) in [6, 6.07) is -2.97. The fraction of sp³-hybridized carbons (Fsp3) is 0.964. The van der Waals surface area contributed by atoms with Gasteiger partial charge in [0.2, 0.25) is 5.91 Å². The molecule has 0 aromatic carbocycles. The summed E-state index contributed by atoms with van der Waals surface area (Å²) in [5.41, 5.74) is 18.3. The Bertz CT molecular complexity index is 878. The van der Waals surface area contributed by atoms with E-state index < -0.39 is 98.4 Å². The normalized spacial score (nSPS) is 40.4. The first-order valence-corrected chi connectivity index (χ1v) is 15.8. The molecule has 1 aliphatic carbocycles. The fourth-order valence-corrected chi connectivity index (χ4v) is 5.92. The van der Waals surface area contributed by atoms with E-state index in [-0.39, 0.29) is 56.1 Å². The third-order valence-electron chi connectivity index (χ3n) is 8.76. The van der Waals surface area contributed by atoms with E-state index in [1.165, 1.54) is 19.3 Å². The van der Waals surface area contributed by atoms with Crippen molar-refractivity contribution in [3.05, 3.63) is 0 Å². The number of hydrogen-bond acceptors (Lipinski definition) is 15. The van der Waals surface area contributed by atoms with Crippen molar-refractivity contribution in [1.29, 1.82) is 0 Å². The number of carbonyl (C=O) groups excluding carboxylic acids is 1. The number of hydrogen-bond donors (Lipinski definition) is 11. The summed E-state index contributed by atoms with van der Waals surface area (Å²) < 4.78 is 22.8. The molecule has 47 heavy (non-hydrogen) atoms. The third-order valence-corrected chi connectivity index (χ3v) is 8.76. The van der Waals surface area contributed by atoms with Crippen molar-refractivity contribution in [2.24, 2.45) is 17.2 Å². The maximum absolute atomic E-state index is 12.4. The van der Waals surface area contributed by atoms with E-state index in [4.69, 9.17) is 36.1 Å². The van der Waals surface area contributed by atoms with Gasteiger partial charge in [-0.25, -0.2) is 0 Å². The molecule has 0 aromatic heterocycles. The molecular weight excluding hydrogens is 691 g/mol. The number of nitrogens with one attached hydrogen (secondary N) is 1. The highest BCUT2D eigenvalue weighted by molar-refractivity contribution is 5.75. The van der Waals surface area contributed by atoms with Gasteiger partial charge < -0.3 is 114 Å². The van der Waals surface area contributed by atoms with Crippen LogP contribution in [0, 0.1) is 0 Å². The molecule has 0 bridgehead atoms. The van der Waals surface area contributed by atoms with Crippen LogP contribution < -0.4 is 59.7 Å². The van der Waals surface area contributed by atoms with Crippen LogP contribution in [0.5, 0.6) is 0 Å². The molecule has 19 heteroatoms. The number of amides is 1. The van der Waals surface area contributed by atoms with Crippen molar-refractivity contribution < 1.29 is 96.7 Å². The van der Waals surface area contributed by atoms with Gasteiger partial charge in [0.1, 0.15) is 61.0 Å². The van der Waals surface area contributed by atoms with Gasteiger partial charge in [-0.2, -0.15) is 0 Å². The highest BCUT2D eigenvalue weighted by Crippen LogP contribution is 2.31. The molecule has 3 aliphatic rings. The zero-order valence-electron chi connectivity index (χ0n) is 26.5. The molecule has 2 heterocycles. The van der Waals surface area contributed by atoms with Crippen molar-refractivity contribution in [3.63, 3.8) is 0 Å². The number of rotatable bonds is 15. The smallest absolute Gasteiger partial charge is 0.220 e. The number of nitrogens with two attached hydrogens (primary N) is 3. The predicted octanol–water partition coefficient (Wildman–Crippen LogP) is -13.0. The lowest BCUT2D eigenvalue weighted by molar-refractivity contribution is -0.332. The summed E-state index contributed by atoms with van der Waals surface area (Å²) in [6.07, 6.45) is -9.47. The molecule has 2 aliphatic heterocycles. The Labute approximate surface area is 294 Å². The summed E-state index contributed by atoms with van der Waals surface area (Å²) in [5, 5.41) is 75.6. The van der Waals surface area contributed by atoms with Gasteiger partial charge >= 0.3 is 0 Å². The monoisotopic (exact) mass is 743 g/mol. The van der Waals surface area contributed by atoms with Crippen molar-refractivity contribution in [1.82, 2.24) is 5.32 Å². The lowest BCUT2D eigenvalue weighted by atomic mass is 9.84. The van der Waals surface area contributed by atoms with Crippen LogP contribution >= 0.6 is 0 Å². The third kappa shape index (κ3) is 12.5. The first-order chi connectivity index (χ1) is 20.9. The topological polar surface area (TPSA) is 286 Å². The van der Waals surface area contributed by atoms with Crippen molar-refractivity contribution in [2.75, 3.05) is 13.2 Å². The Morgan fingerprint density at radius 2 is 1.21 bits per heavy atom. The second kappa shape index (κ2) is 22.6. The van der Waals surface area contributed by atoms with Crippen LogP contribution in [0.15, 0.2) is 0 Å². The number of ether oxygens (including phenoxy) is 4. The van der Waals surface area contributed by atoms with E-state index in [1.807, 2.05) is 0 Å². The van der Waals surface area contributed by atoms with Gasteiger partial charge in [0.25, 0.3) is 0 Å². The Morgan fingerprint density at radius 3 is 1.77 bits per heavy atom. The van der Waals surface area contributed by atoms with Gasteiger partial charge in [-0.15, -0.1) is 0 Å². The van der Waals surface area contributed by atoms with Gasteiger partial charge in [-0.1, -0.05) is 45.4 Å². The van der Waals surface area contributed by atoms with Crippen LogP contribution in [0.3, 0.4) is 0 Å². The molecule has 3 rings (SSSR count). The van der Waals surface area contributed by atoms with Gasteiger partial charge in [0.05, 0.1) is 12.6 Å². The van der Waals surface area contributed by atoms with E-state index in [9.17, 15) is 40.5 Å². The number of aliphatic hydroxyl groups is 7.